The van der Waals surface area contributed by atoms with Crippen LogP contribution in [-0.4, -0.2) is 18.3 Å². The van der Waals surface area contributed by atoms with Crippen molar-refractivity contribution in [3.63, 3.8) is 0 Å². The van der Waals surface area contributed by atoms with Gasteiger partial charge in [-0.3, -0.25) is 4.79 Å². The van der Waals surface area contributed by atoms with E-state index in [0.29, 0.717) is 50.9 Å². The van der Waals surface area contributed by atoms with Gasteiger partial charge in [0.15, 0.2) is 5.12 Å². The lowest BCUT2D eigenvalue weighted by molar-refractivity contribution is -0.291. The summed E-state index contributed by atoms with van der Waals surface area (Å²) in [4.78, 5) is 11.6. The van der Waals surface area contributed by atoms with Crippen LogP contribution in [0.2, 0.25) is 0 Å². The molecule has 184 valence electrons. The molecule has 0 N–H and O–H groups in total. The molecular weight excluding hydrogens is 412 g/mol. The number of fused-ring (bicyclic) bond motifs is 5. The molecule has 32 heavy (non-hydrogen) atoms. The molecular formula is C29H50O2S. The summed E-state index contributed by atoms with van der Waals surface area (Å²) < 4.78 is 5.90. The minimum atomic E-state index is 0.0529. The van der Waals surface area contributed by atoms with E-state index >= 15 is 0 Å². The van der Waals surface area contributed by atoms with E-state index in [9.17, 15) is 4.79 Å². The highest BCUT2D eigenvalue weighted by Crippen LogP contribution is 2.84. The van der Waals surface area contributed by atoms with Crippen LogP contribution in [0.3, 0.4) is 0 Å². The first-order valence-electron chi connectivity index (χ1n) is 13.5. The van der Waals surface area contributed by atoms with Gasteiger partial charge in [0.1, 0.15) is 0 Å². The molecule has 0 spiro atoms. The molecule has 4 aliphatic carbocycles. The van der Waals surface area contributed by atoms with Gasteiger partial charge >= 0.3 is 0 Å². The Labute approximate surface area is 203 Å². The first-order valence-corrected chi connectivity index (χ1v) is 13.9. The Morgan fingerprint density at radius 2 is 1.47 bits per heavy atom. The van der Waals surface area contributed by atoms with Gasteiger partial charge in [0, 0.05) is 13.5 Å². The molecule has 4 aliphatic rings. The highest BCUT2D eigenvalue weighted by Gasteiger charge is 2.76. The predicted octanol–water partition coefficient (Wildman–Crippen LogP) is 8.09. The van der Waals surface area contributed by atoms with Gasteiger partial charge in [-0.05, 0) is 109 Å². The van der Waals surface area contributed by atoms with Crippen molar-refractivity contribution in [3.8, 4) is 0 Å². The van der Waals surface area contributed by atoms with Crippen molar-refractivity contribution < 1.29 is 9.53 Å². The van der Waals surface area contributed by atoms with Crippen LogP contribution in [0.15, 0.2) is 0 Å². The van der Waals surface area contributed by atoms with Crippen molar-refractivity contribution >= 4 is 17.7 Å². The summed E-state index contributed by atoms with van der Waals surface area (Å²) in [5.74, 6) is 1.33. The summed E-state index contributed by atoms with van der Waals surface area (Å²) in [6, 6.07) is 0. The minimum Gasteiger partial charge on any atom is -0.381 e. The van der Waals surface area contributed by atoms with Gasteiger partial charge in [0.05, 0.1) is 6.10 Å². The van der Waals surface area contributed by atoms with Gasteiger partial charge in [0.25, 0.3) is 0 Å². The largest absolute Gasteiger partial charge is 0.381 e. The molecule has 0 saturated heterocycles. The summed E-state index contributed by atoms with van der Waals surface area (Å²) in [7, 11) is 1.92. The smallest absolute Gasteiger partial charge is 0.185 e. The summed E-state index contributed by atoms with van der Waals surface area (Å²) in [6.07, 6.45) is 13.9. The molecule has 2 nitrogen and oxygen atoms in total. The van der Waals surface area contributed by atoms with Crippen molar-refractivity contribution in [2.45, 2.75) is 125 Å². The Hall–Kier alpha value is -0.0200. The van der Waals surface area contributed by atoms with Crippen LogP contribution in [-0.2, 0) is 9.53 Å². The second-order valence-corrected chi connectivity index (χ2v) is 14.5. The number of ether oxygens (including phenoxy) is 1. The van der Waals surface area contributed by atoms with Crippen LogP contribution in [0.5, 0.6) is 0 Å². The molecule has 0 heterocycles. The molecule has 0 aromatic rings. The lowest BCUT2D eigenvalue weighted by Gasteiger charge is -2.77. The Morgan fingerprint density at radius 1 is 0.875 bits per heavy atom. The topological polar surface area (TPSA) is 26.3 Å². The molecule has 9 unspecified atom stereocenters. The third kappa shape index (κ3) is 2.91. The highest BCUT2D eigenvalue weighted by atomic mass is 32.1. The lowest BCUT2D eigenvalue weighted by Crippen LogP contribution is -2.70. The van der Waals surface area contributed by atoms with Gasteiger partial charge in [0.2, 0.25) is 0 Å². The van der Waals surface area contributed by atoms with E-state index < -0.39 is 0 Å². The average molecular weight is 463 g/mol. The molecule has 0 amide bonds. The number of thiol groups is 1. The monoisotopic (exact) mass is 462 g/mol. The summed E-state index contributed by atoms with van der Waals surface area (Å²) in [6.45, 7) is 18.4. The number of carbonyl (C=O) groups is 1. The molecule has 0 aromatic heterocycles. The first kappa shape index (κ1) is 25.1. The molecule has 0 aromatic carbocycles. The predicted molar refractivity (Wildman–Crippen MR) is 137 cm³/mol. The van der Waals surface area contributed by atoms with E-state index in [-0.39, 0.29) is 5.12 Å². The van der Waals surface area contributed by atoms with Crippen molar-refractivity contribution in [2.24, 2.45) is 44.3 Å². The molecule has 0 bridgehead atoms. The SMILES string of the molecule is COC1CCC2(C)C(C)(CCC3(C)C4(C)CCC(C(C)CCC(=O)S)C4(C)CCC23C)C1. The van der Waals surface area contributed by atoms with Crippen LogP contribution in [0.25, 0.3) is 0 Å². The maximum absolute atomic E-state index is 11.6. The molecule has 9 atom stereocenters. The van der Waals surface area contributed by atoms with Gasteiger partial charge in [-0.15, -0.1) is 12.6 Å². The van der Waals surface area contributed by atoms with Gasteiger partial charge in [-0.2, -0.15) is 0 Å². The third-order valence-electron chi connectivity index (χ3n) is 13.8. The average Bonchev–Trinajstić information content (AvgIpc) is 3.02. The van der Waals surface area contributed by atoms with E-state index in [1.165, 1.54) is 57.8 Å². The zero-order chi connectivity index (χ0) is 23.8. The van der Waals surface area contributed by atoms with E-state index in [1.807, 2.05) is 7.11 Å². The van der Waals surface area contributed by atoms with Crippen LogP contribution in [0.4, 0.5) is 0 Å². The lowest BCUT2D eigenvalue weighted by atomic mass is 9.27. The van der Waals surface area contributed by atoms with E-state index in [1.54, 1.807) is 0 Å². The molecule has 4 rings (SSSR count). The maximum atomic E-state index is 11.6. The number of hydrogen-bond donors (Lipinski definition) is 1. The van der Waals surface area contributed by atoms with Gasteiger partial charge in [-0.1, -0.05) is 48.5 Å². The van der Waals surface area contributed by atoms with E-state index in [4.69, 9.17) is 4.74 Å². The van der Waals surface area contributed by atoms with Crippen LogP contribution in [0, 0.1) is 44.3 Å². The van der Waals surface area contributed by atoms with Crippen LogP contribution in [0.1, 0.15) is 119 Å². The molecule has 4 saturated carbocycles. The fourth-order valence-corrected chi connectivity index (χ4v) is 10.9. The minimum absolute atomic E-state index is 0.0529. The molecule has 0 radical (unpaired) electrons. The summed E-state index contributed by atoms with van der Waals surface area (Å²) in [5, 5.41) is 0.0529. The van der Waals surface area contributed by atoms with Crippen molar-refractivity contribution in [1.82, 2.24) is 0 Å². The quantitative estimate of drug-likeness (QED) is 0.418. The molecule has 0 aliphatic heterocycles. The number of carbonyl (C=O) groups excluding carboxylic acids is 1. The number of hydrogen-bond acceptors (Lipinski definition) is 2. The fraction of sp³-hybridized carbons (Fsp3) is 0.966. The Kier molecular flexibility index (Phi) is 6.07. The van der Waals surface area contributed by atoms with Gasteiger partial charge in [-0.25, -0.2) is 0 Å². The summed E-state index contributed by atoms with van der Waals surface area (Å²) >= 11 is 4.06. The van der Waals surface area contributed by atoms with Crippen molar-refractivity contribution in [2.75, 3.05) is 7.11 Å². The standard InChI is InChI=1S/C29H50O2S/c1-20(9-10-23(30)32)22-12-14-27(5)25(22,3)16-18-28(6)26(4)13-11-21(31-8)19-24(26,2)15-17-29(27,28)7/h20-22H,9-19H2,1-8H3,(H,30,32). The highest BCUT2D eigenvalue weighted by molar-refractivity contribution is 7.96. The van der Waals surface area contributed by atoms with Crippen molar-refractivity contribution in [1.29, 1.82) is 0 Å². The third-order valence-corrected chi connectivity index (χ3v) is 14.0. The van der Waals surface area contributed by atoms with Crippen LogP contribution >= 0.6 is 12.6 Å². The summed E-state index contributed by atoms with van der Waals surface area (Å²) in [5.41, 5.74) is 2.19. The Morgan fingerprint density at radius 3 is 2.09 bits per heavy atom. The second kappa shape index (κ2) is 7.74. The number of rotatable bonds is 5. The first-order chi connectivity index (χ1) is 14.7. The zero-order valence-corrected chi connectivity index (χ0v) is 23.2. The zero-order valence-electron chi connectivity index (χ0n) is 22.3. The Balaban J connectivity index is 1.71. The fourth-order valence-electron chi connectivity index (χ4n) is 10.7. The van der Waals surface area contributed by atoms with Crippen molar-refractivity contribution in [3.05, 3.63) is 0 Å². The van der Waals surface area contributed by atoms with E-state index in [0.717, 1.165) is 12.3 Å². The maximum Gasteiger partial charge on any atom is 0.185 e. The van der Waals surface area contributed by atoms with Gasteiger partial charge < -0.3 is 4.74 Å². The second-order valence-electron chi connectivity index (χ2n) is 14.0. The molecule has 4 fully saturated rings. The Bertz CT molecular complexity index is 766. The molecule has 3 heteroatoms. The van der Waals surface area contributed by atoms with Crippen LogP contribution < -0.4 is 0 Å². The van der Waals surface area contributed by atoms with E-state index in [2.05, 4.69) is 61.1 Å². The number of methoxy groups -OCH3 is 1. The normalized spacial score (nSPS) is 53.8.